The topological polar surface area (TPSA) is 49.3 Å². The summed E-state index contributed by atoms with van der Waals surface area (Å²) in [6, 6.07) is -1.38. The van der Waals surface area contributed by atoms with Gasteiger partial charge >= 0.3 is 6.18 Å². The molecule has 0 saturated carbocycles. The Hall–Kier alpha value is -0.490. The molecule has 0 aliphatic heterocycles. The van der Waals surface area contributed by atoms with Crippen molar-refractivity contribution in [1.29, 1.82) is 0 Å². The van der Waals surface area contributed by atoms with Crippen LogP contribution < -0.4 is 5.32 Å². The van der Waals surface area contributed by atoms with Gasteiger partial charge in [-0.25, -0.2) is 0 Å². The number of hydrogen-bond donors (Lipinski definition) is 2. The predicted octanol–water partition coefficient (Wildman–Crippen LogP) is 1.29. The summed E-state index contributed by atoms with van der Waals surface area (Å²) in [6.45, 7) is 2.93. The van der Waals surface area contributed by atoms with Crippen LogP contribution in [0.5, 0.6) is 0 Å². The normalized spacial score (nSPS) is 16.3. The summed E-state index contributed by atoms with van der Waals surface area (Å²) in [6.07, 6.45) is -7.33. The molecule has 0 rings (SSSR count). The third-order valence-electron chi connectivity index (χ3n) is 1.84. The van der Waals surface area contributed by atoms with Gasteiger partial charge in [-0.1, -0.05) is 13.8 Å². The minimum Gasteiger partial charge on any atom is -0.382 e. The van der Waals surface area contributed by atoms with Gasteiger partial charge in [0.15, 0.2) is 6.10 Å². The van der Waals surface area contributed by atoms with E-state index in [1.807, 2.05) is 5.32 Å². The standard InChI is InChI=1S/C8H13ClF3NO2/c1-4(2)6(13-5(14)3-9)7(15)8(10,11)12/h4,6-7,15H,3H2,1-2H3,(H,13,14). The van der Waals surface area contributed by atoms with Crippen molar-refractivity contribution in [3.63, 3.8) is 0 Å². The van der Waals surface area contributed by atoms with E-state index in [1.165, 1.54) is 13.8 Å². The number of rotatable bonds is 4. The van der Waals surface area contributed by atoms with Crippen molar-refractivity contribution in [2.75, 3.05) is 5.88 Å². The minimum absolute atomic E-state index is 0.437. The number of nitrogens with one attached hydrogen (secondary N) is 1. The molecule has 3 nitrogen and oxygen atoms in total. The van der Waals surface area contributed by atoms with E-state index in [4.69, 9.17) is 16.7 Å². The first kappa shape index (κ1) is 14.5. The summed E-state index contributed by atoms with van der Waals surface area (Å²) in [5.41, 5.74) is 0. The van der Waals surface area contributed by atoms with Crippen LogP contribution in [0.1, 0.15) is 13.8 Å². The van der Waals surface area contributed by atoms with Gasteiger partial charge in [0.05, 0.1) is 6.04 Å². The summed E-state index contributed by atoms with van der Waals surface area (Å²) in [4.78, 5) is 10.8. The zero-order chi connectivity index (χ0) is 12.2. The number of aliphatic hydroxyl groups is 1. The number of carbonyl (C=O) groups excluding carboxylic acids is 1. The molecule has 7 heteroatoms. The Labute approximate surface area is 90.6 Å². The predicted molar refractivity (Wildman–Crippen MR) is 49.6 cm³/mol. The number of aliphatic hydroxyl groups excluding tert-OH is 1. The molecule has 90 valence electrons. The van der Waals surface area contributed by atoms with E-state index in [0.717, 1.165) is 0 Å². The van der Waals surface area contributed by atoms with Crippen LogP contribution in [-0.2, 0) is 4.79 Å². The summed E-state index contributed by atoms with van der Waals surface area (Å²) in [5.74, 6) is -1.72. The van der Waals surface area contributed by atoms with Crippen LogP contribution >= 0.6 is 11.6 Å². The molecule has 0 bridgehead atoms. The second-order valence-corrected chi connectivity index (χ2v) is 3.72. The molecule has 0 heterocycles. The summed E-state index contributed by atoms with van der Waals surface area (Å²) in [5, 5.41) is 11.0. The fourth-order valence-electron chi connectivity index (χ4n) is 1.04. The molecule has 1 amide bonds. The molecule has 0 spiro atoms. The lowest BCUT2D eigenvalue weighted by Gasteiger charge is -2.28. The fourth-order valence-corrected chi connectivity index (χ4v) is 1.12. The summed E-state index contributed by atoms with van der Waals surface area (Å²) in [7, 11) is 0. The van der Waals surface area contributed by atoms with Gasteiger partial charge in [-0.2, -0.15) is 13.2 Å². The van der Waals surface area contributed by atoms with Crippen molar-refractivity contribution in [3.8, 4) is 0 Å². The Morgan fingerprint density at radius 2 is 1.93 bits per heavy atom. The van der Waals surface area contributed by atoms with Gasteiger partial charge < -0.3 is 10.4 Å². The number of alkyl halides is 4. The quantitative estimate of drug-likeness (QED) is 0.736. The molecule has 0 radical (unpaired) electrons. The first-order chi connectivity index (χ1) is 6.70. The van der Waals surface area contributed by atoms with E-state index in [-0.39, 0.29) is 0 Å². The first-order valence-corrected chi connectivity index (χ1v) is 4.83. The van der Waals surface area contributed by atoms with Crippen LogP contribution in [0.15, 0.2) is 0 Å². The SMILES string of the molecule is CC(C)C(NC(=O)CCl)C(O)C(F)(F)F. The zero-order valence-corrected chi connectivity index (χ0v) is 9.06. The number of hydrogen-bond acceptors (Lipinski definition) is 2. The Morgan fingerprint density at radius 3 is 2.20 bits per heavy atom. The molecule has 2 N–H and O–H groups in total. The van der Waals surface area contributed by atoms with E-state index in [1.54, 1.807) is 0 Å². The largest absolute Gasteiger partial charge is 0.416 e. The minimum atomic E-state index is -4.76. The smallest absolute Gasteiger partial charge is 0.382 e. The van der Waals surface area contributed by atoms with E-state index < -0.39 is 36.0 Å². The van der Waals surface area contributed by atoms with Crippen LogP contribution in [0.3, 0.4) is 0 Å². The Bertz CT molecular complexity index is 220. The van der Waals surface area contributed by atoms with Gasteiger partial charge in [-0.3, -0.25) is 4.79 Å². The van der Waals surface area contributed by atoms with Crippen molar-refractivity contribution >= 4 is 17.5 Å². The lowest BCUT2D eigenvalue weighted by Crippen LogP contribution is -2.53. The van der Waals surface area contributed by atoms with Crippen molar-refractivity contribution < 1.29 is 23.1 Å². The highest BCUT2D eigenvalue weighted by Crippen LogP contribution is 2.25. The Morgan fingerprint density at radius 1 is 1.47 bits per heavy atom. The first-order valence-electron chi connectivity index (χ1n) is 4.30. The third kappa shape index (κ3) is 4.70. The maximum Gasteiger partial charge on any atom is 0.416 e. The van der Waals surface area contributed by atoms with E-state index in [2.05, 4.69) is 0 Å². The van der Waals surface area contributed by atoms with Gasteiger partial charge in [0.25, 0.3) is 0 Å². The van der Waals surface area contributed by atoms with Gasteiger partial charge in [-0.15, -0.1) is 11.6 Å². The summed E-state index contributed by atoms with van der Waals surface area (Å²) < 4.78 is 36.5. The molecule has 0 saturated heterocycles. The van der Waals surface area contributed by atoms with E-state index in [0.29, 0.717) is 0 Å². The molecule has 0 aliphatic rings. The molecule has 0 aromatic rings. The van der Waals surface area contributed by atoms with Crippen molar-refractivity contribution in [2.24, 2.45) is 5.92 Å². The fraction of sp³-hybridized carbons (Fsp3) is 0.875. The van der Waals surface area contributed by atoms with Gasteiger partial charge in [0, 0.05) is 0 Å². The van der Waals surface area contributed by atoms with E-state index in [9.17, 15) is 18.0 Å². The maximum atomic E-state index is 12.2. The lowest BCUT2D eigenvalue weighted by molar-refractivity contribution is -0.215. The molecule has 0 aromatic carbocycles. The zero-order valence-electron chi connectivity index (χ0n) is 8.31. The molecular formula is C8H13ClF3NO2. The highest BCUT2D eigenvalue weighted by atomic mass is 35.5. The van der Waals surface area contributed by atoms with E-state index >= 15 is 0 Å². The van der Waals surface area contributed by atoms with Crippen molar-refractivity contribution in [3.05, 3.63) is 0 Å². The molecule has 0 aromatic heterocycles. The number of halogens is 4. The lowest BCUT2D eigenvalue weighted by atomic mass is 9.98. The molecule has 2 unspecified atom stereocenters. The molecule has 0 fully saturated rings. The van der Waals surface area contributed by atoms with Gasteiger partial charge in [-0.05, 0) is 5.92 Å². The molecule has 2 atom stereocenters. The monoisotopic (exact) mass is 247 g/mol. The highest BCUT2D eigenvalue weighted by Gasteiger charge is 2.45. The van der Waals surface area contributed by atoms with Crippen LogP contribution in [0, 0.1) is 5.92 Å². The molecule has 15 heavy (non-hydrogen) atoms. The van der Waals surface area contributed by atoms with Crippen molar-refractivity contribution in [2.45, 2.75) is 32.2 Å². The Balaban J connectivity index is 4.60. The summed E-state index contributed by atoms with van der Waals surface area (Å²) >= 11 is 5.14. The van der Waals surface area contributed by atoms with Crippen LogP contribution in [-0.4, -0.2) is 35.2 Å². The average Bonchev–Trinajstić information content (AvgIpc) is 2.10. The second kappa shape index (κ2) is 5.55. The van der Waals surface area contributed by atoms with Crippen LogP contribution in [0.25, 0.3) is 0 Å². The van der Waals surface area contributed by atoms with Gasteiger partial charge in [0.1, 0.15) is 5.88 Å². The second-order valence-electron chi connectivity index (χ2n) is 3.46. The average molecular weight is 248 g/mol. The van der Waals surface area contributed by atoms with Crippen LogP contribution in [0.2, 0.25) is 0 Å². The van der Waals surface area contributed by atoms with Crippen molar-refractivity contribution in [1.82, 2.24) is 5.32 Å². The van der Waals surface area contributed by atoms with Gasteiger partial charge in [0.2, 0.25) is 5.91 Å². The van der Waals surface area contributed by atoms with Crippen LogP contribution in [0.4, 0.5) is 13.2 Å². The number of carbonyl (C=O) groups is 1. The maximum absolute atomic E-state index is 12.2. The molecular weight excluding hydrogens is 235 g/mol. The number of amides is 1. The third-order valence-corrected chi connectivity index (χ3v) is 2.09. The molecule has 0 aliphatic carbocycles. The highest BCUT2D eigenvalue weighted by molar-refractivity contribution is 6.27. The Kier molecular flexibility index (Phi) is 5.37.